The summed E-state index contributed by atoms with van der Waals surface area (Å²) >= 11 is 0. The molecule has 7 heteroatoms. The Morgan fingerprint density at radius 2 is 1.44 bits per heavy atom. The third kappa shape index (κ3) is 5.63. The predicted octanol–water partition coefficient (Wildman–Crippen LogP) is 5.54. The van der Waals surface area contributed by atoms with Crippen LogP contribution in [0.3, 0.4) is 0 Å². The Morgan fingerprint density at radius 1 is 0.833 bits per heavy atom. The van der Waals surface area contributed by atoms with Crippen molar-refractivity contribution in [2.45, 2.75) is 24.8 Å². The van der Waals surface area contributed by atoms with Gasteiger partial charge in [0.05, 0.1) is 16.6 Å². The number of benzene rings is 4. The van der Waals surface area contributed by atoms with Gasteiger partial charge in [-0.3, -0.25) is 9.10 Å². The zero-order valence-corrected chi connectivity index (χ0v) is 20.9. The molecule has 184 valence electrons. The van der Waals surface area contributed by atoms with Crippen LogP contribution in [0.5, 0.6) is 0 Å². The quantitative estimate of drug-likeness (QED) is 0.344. The summed E-state index contributed by atoms with van der Waals surface area (Å²) in [7, 11) is -4.10. The second-order valence-electron chi connectivity index (χ2n) is 8.57. The van der Waals surface area contributed by atoms with E-state index in [1.165, 1.54) is 36.4 Å². The average Bonchev–Trinajstić information content (AvgIpc) is 2.88. The molecule has 5 nitrogen and oxygen atoms in total. The first-order chi connectivity index (χ1) is 17.3. The van der Waals surface area contributed by atoms with E-state index in [4.69, 9.17) is 0 Å². The summed E-state index contributed by atoms with van der Waals surface area (Å²) in [5.41, 5.74) is 3.87. The molecule has 0 bridgehead atoms. The van der Waals surface area contributed by atoms with Crippen LogP contribution >= 0.6 is 0 Å². The minimum absolute atomic E-state index is 0.0451. The lowest BCUT2D eigenvalue weighted by atomic mass is 9.95. The Kier molecular flexibility index (Phi) is 7.50. The number of carbonyl (C=O) groups excluding carboxylic acids is 1. The average molecular weight is 503 g/mol. The molecule has 4 aromatic carbocycles. The Labute approximate surface area is 211 Å². The number of aryl methyl sites for hydroxylation is 2. The standard InChI is InChI=1S/C29H27FN2O3S/c1-21-12-18-26(19-13-21)36(34,35)32(25-16-14-24(30)15-17-25)20-28(33)31-29(23-9-4-3-5-10-23)27-11-7-6-8-22(27)2/h3-19,29H,20H2,1-2H3,(H,31,33). The number of hydrogen-bond acceptors (Lipinski definition) is 3. The van der Waals surface area contributed by atoms with Crippen LogP contribution in [0.1, 0.15) is 28.3 Å². The van der Waals surface area contributed by atoms with Crippen LogP contribution in [0.15, 0.2) is 108 Å². The molecule has 0 aliphatic carbocycles. The summed E-state index contributed by atoms with van der Waals surface area (Å²) in [6.07, 6.45) is 0. The minimum Gasteiger partial charge on any atom is -0.344 e. The Balaban J connectivity index is 1.69. The normalized spacial score (nSPS) is 12.1. The fourth-order valence-electron chi connectivity index (χ4n) is 3.99. The number of halogens is 1. The molecule has 4 aromatic rings. The van der Waals surface area contributed by atoms with Crippen molar-refractivity contribution in [2.75, 3.05) is 10.8 Å². The SMILES string of the molecule is Cc1ccc(S(=O)(=O)N(CC(=O)NC(c2ccccc2)c2ccccc2C)c2ccc(F)cc2)cc1. The van der Waals surface area contributed by atoms with Crippen molar-refractivity contribution in [3.8, 4) is 0 Å². The molecule has 1 amide bonds. The predicted molar refractivity (Wildman–Crippen MR) is 140 cm³/mol. The van der Waals surface area contributed by atoms with Crippen LogP contribution in [0.25, 0.3) is 0 Å². The van der Waals surface area contributed by atoms with E-state index in [1.807, 2.05) is 68.4 Å². The highest BCUT2D eigenvalue weighted by atomic mass is 32.2. The van der Waals surface area contributed by atoms with Crippen LogP contribution in [-0.4, -0.2) is 20.9 Å². The number of rotatable bonds is 8. The van der Waals surface area contributed by atoms with E-state index >= 15 is 0 Å². The Hall–Kier alpha value is -3.97. The fourth-order valence-corrected chi connectivity index (χ4v) is 5.41. The molecule has 1 N–H and O–H groups in total. The molecule has 1 atom stereocenters. The van der Waals surface area contributed by atoms with Gasteiger partial charge >= 0.3 is 0 Å². The van der Waals surface area contributed by atoms with Crippen LogP contribution < -0.4 is 9.62 Å². The lowest BCUT2D eigenvalue weighted by Gasteiger charge is -2.27. The molecule has 0 aliphatic rings. The first kappa shape index (κ1) is 25.1. The van der Waals surface area contributed by atoms with Crippen molar-refractivity contribution in [3.05, 3.63) is 131 Å². The molecule has 1 unspecified atom stereocenters. The molecule has 0 spiro atoms. The minimum atomic E-state index is -4.10. The molecule has 0 radical (unpaired) electrons. The van der Waals surface area contributed by atoms with E-state index < -0.39 is 34.3 Å². The summed E-state index contributed by atoms with van der Waals surface area (Å²) in [5.74, 6) is -0.994. The van der Waals surface area contributed by atoms with Gasteiger partial charge in [-0.1, -0.05) is 72.3 Å². The molecule has 0 saturated heterocycles. The Bertz CT molecular complexity index is 1440. The smallest absolute Gasteiger partial charge is 0.264 e. The molecule has 0 saturated carbocycles. The van der Waals surface area contributed by atoms with Crippen LogP contribution in [-0.2, 0) is 14.8 Å². The van der Waals surface area contributed by atoms with Gasteiger partial charge in [0.25, 0.3) is 10.0 Å². The van der Waals surface area contributed by atoms with Crippen molar-refractivity contribution in [1.82, 2.24) is 5.32 Å². The van der Waals surface area contributed by atoms with Gasteiger partial charge in [0, 0.05) is 0 Å². The second-order valence-corrected chi connectivity index (χ2v) is 10.4. The van der Waals surface area contributed by atoms with Gasteiger partial charge in [-0.15, -0.1) is 0 Å². The summed E-state index contributed by atoms with van der Waals surface area (Å²) in [5, 5.41) is 3.02. The number of carbonyl (C=O) groups is 1. The fraction of sp³-hybridized carbons (Fsp3) is 0.138. The summed E-state index contributed by atoms with van der Waals surface area (Å²) in [6.45, 7) is 3.35. The van der Waals surface area contributed by atoms with Crippen molar-refractivity contribution in [2.24, 2.45) is 0 Å². The maximum Gasteiger partial charge on any atom is 0.264 e. The van der Waals surface area contributed by atoms with E-state index in [0.29, 0.717) is 0 Å². The number of amides is 1. The van der Waals surface area contributed by atoms with Gasteiger partial charge in [-0.25, -0.2) is 12.8 Å². The van der Waals surface area contributed by atoms with Crippen LogP contribution in [0, 0.1) is 19.7 Å². The van der Waals surface area contributed by atoms with Crippen molar-refractivity contribution in [1.29, 1.82) is 0 Å². The zero-order valence-electron chi connectivity index (χ0n) is 20.1. The summed E-state index contributed by atoms with van der Waals surface area (Å²) in [4.78, 5) is 13.4. The lowest BCUT2D eigenvalue weighted by Crippen LogP contribution is -2.42. The number of anilines is 1. The van der Waals surface area contributed by atoms with Crippen LogP contribution in [0.4, 0.5) is 10.1 Å². The molecular weight excluding hydrogens is 475 g/mol. The third-order valence-electron chi connectivity index (χ3n) is 5.95. The third-order valence-corrected chi connectivity index (χ3v) is 7.74. The maximum atomic E-state index is 13.6. The van der Waals surface area contributed by atoms with Gasteiger partial charge in [0.1, 0.15) is 12.4 Å². The van der Waals surface area contributed by atoms with Crippen molar-refractivity contribution < 1.29 is 17.6 Å². The van der Waals surface area contributed by atoms with E-state index in [9.17, 15) is 17.6 Å². The number of nitrogens with zero attached hydrogens (tertiary/aromatic N) is 1. The molecule has 0 aromatic heterocycles. The number of hydrogen-bond donors (Lipinski definition) is 1. The molecule has 0 heterocycles. The Morgan fingerprint density at radius 3 is 2.08 bits per heavy atom. The van der Waals surface area contributed by atoms with Gasteiger partial charge in [0.15, 0.2) is 0 Å². The van der Waals surface area contributed by atoms with Gasteiger partial charge in [-0.05, 0) is 66.9 Å². The van der Waals surface area contributed by atoms with E-state index in [2.05, 4.69) is 5.32 Å². The first-order valence-corrected chi connectivity index (χ1v) is 12.9. The molecule has 4 rings (SSSR count). The topological polar surface area (TPSA) is 66.5 Å². The number of sulfonamides is 1. The van der Waals surface area contributed by atoms with Crippen molar-refractivity contribution in [3.63, 3.8) is 0 Å². The molecule has 0 fully saturated rings. The highest BCUT2D eigenvalue weighted by Crippen LogP contribution is 2.27. The first-order valence-electron chi connectivity index (χ1n) is 11.5. The zero-order chi connectivity index (χ0) is 25.7. The van der Waals surface area contributed by atoms with Crippen molar-refractivity contribution >= 4 is 21.6 Å². The van der Waals surface area contributed by atoms with Gasteiger partial charge < -0.3 is 5.32 Å². The second kappa shape index (κ2) is 10.7. The monoisotopic (exact) mass is 502 g/mol. The lowest BCUT2D eigenvalue weighted by molar-refractivity contribution is -0.120. The highest BCUT2D eigenvalue weighted by molar-refractivity contribution is 7.92. The van der Waals surface area contributed by atoms with Crippen LogP contribution in [0.2, 0.25) is 0 Å². The summed E-state index contributed by atoms with van der Waals surface area (Å²) < 4.78 is 41.8. The van der Waals surface area contributed by atoms with Gasteiger partial charge in [-0.2, -0.15) is 0 Å². The van der Waals surface area contributed by atoms with Gasteiger partial charge in [0.2, 0.25) is 5.91 Å². The largest absolute Gasteiger partial charge is 0.344 e. The molecular formula is C29H27FN2O3S. The van der Waals surface area contributed by atoms with E-state index in [-0.39, 0.29) is 10.6 Å². The number of nitrogens with one attached hydrogen (secondary N) is 1. The maximum absolute atomic E-state index is 13.6. The molecule has 36 heavy (non-hydrogen) atoms. The van der Waals surface area contributed by atoms with E-state index in [0.717, 1.165) is 26.6 Å². The summed E-state index contributed by atoms with van der Waals surface area (Å²) in [6, 6.07) is 28.2. The highest BCUT2D eigenvalue weighted by Gasteiger charge is 2.28. The van der Waals surface area contributed by atoms with E-state index in [1.54, 1.807) is 12.1 Å². The molecule has 0 aliphatic heterocycles.